The summed E-state index contributed by atoms with van der Waals surface area (Å²) in [5.41, 5.74) is 1.11. The molecule has 0 bridgehead atoms. The summed E-state index contributed by atoms with van der Waals surface area (Å²) in [4.78, 5) is 0.912. The molecule has 0 radical (unpaired) electrons. The fourth-order valence-electron chi connectivity index (χ4n) is 0.864. The summed E-state index contributed by atoms with van der Waals surface area (Å²) in [6, 6.07) is 7.59. The van der Waals surface area contributed by atoms with Crippen LogP contribution in [0.5, 0.6) is 0 Å². The smallest absolute Gasteiger partial charge is 0.210 e. The van der Waals surface area contributed by atoms with E-state index in [-0.39, 0.29) is 5.75 Å². The topological polar surface area (TPSA) is 0 Å². The van der Waals surface area contributed by atoms with Crippen molar-refractivity contribution in [1.82, 2.24) is 0 Å². The number of hydrogen-bond acceptors (Lipinski definition) is 1. The molecule has 1 aromatic carbocycles. The van der Waals surface area contributed by atoms with Crippen LogP contribution in [0.3, 0.4) is 0 Å². The van der Waals surface area contributed by atoms with Gasteiger partial charge in [-0.2, -0.15) is 0 Å². The van der Waals surface area contributed by atoms with E-state index in [4.69, 9.17) is 0 Å². The lowest BCUT2D eigenvalue weighted by molar-refractivity contribution is 0.177. The van der Waals surface area contributed by atoms with Crippen LogP contribution >= 0.6 is 11.8 Å². The molecule has 12 heavy (non-hydrogen) atoms. The third kappa shape index (κ3) is 3.22. The Bertz CT molecular complexity index is 248. The Labute approximate surface area is 75.0 Å². The quantitative estimate of drug-likeness (QED) is 0.655. The minimum absolute atomic E-state index is 0.122. The van der Waals surface area contributed by atoms with E-state index in [0.29, 0.717) is 0 Å². The highest BCUT2D eigenvalue weighted by Crippen LogP contribution is 2.20. The number of alkyl halides is 2. The van der Waals surface area contributed by atoms with E-state index in [0.717, 1.165) is 10.5 Å². The zero-order valence-electron chi connectivity index (χ0n) is 6.76. The van der Waals surface area contributed by atoms with Crippen molar-refractivity contribution in [3.63, 3.8) is 0 Å². The van der Waals surface area contributed by atoms with Gasteiger partial charge in [0.25, 0.3) is 0 Å². The molecule has 0 saturated heterocycles. The first-order chi connectivity index (χ1) is 5.68. The van der Waals surface area contributed by atoms with Gasteiger partial charge in [-0.15, -0.1) is 11.8 Å². The second-order valence-electron chi connectivity index (χ2n) is 2.52. The standard InChI is InChI=1S/C9H10F2S/c1-7-3-2-4-8(5-7)12-6-9(10)11/h2-5,9H,6H2,1H3. The van der Waals surface area contributed by atoms with E-state index in [2.05, 4.69) is 0 Å². The van der Waals surface area contributed by atoms with Gasteiger partial charge in [0.15, 0.2) is 0 Å². The van der Waals surface area contributed by atoms with Gasteiger partial charge in [0, 0.05) is 4.90 Å². The first-order valence-corrected chi connectivity index (χ1v) is 4.64. The third-order valence-corrected chi connectivity index (χ3v) is 2.37. The third-order valence-electron chi connectivity index (χ3n) is 1.37. The van der Waals surface area contributed by atoms with Crippen LogP contribution in [0.2, 0.25) is 0 Å². The average Bonchev–Trinajstić information content (AvgIpc) is 2.01. The summed E-state index contributed by atoms with van der Waals surface area (Å²) in [5.74, 6) is -0.122. The lowest BCUT2D eigenvalue weighted by atomic mass is 10.2. The van der Waals surface area contributed by atoms with Crippen molar-refractivity contribution in [3.8, 4) is 0 Å². The maximum absolute atomic E-state index is 11.8. The van der Waals surface area contributed by atoms with Crippen LogP contribution in [-0.4, -0.2) is 12.2 Å². The molecule has 0 aliphatic carbocycles. The summed E-state index contributed by atoms with van der Waals surface area (Å²) in [7, 11) is 0. The molecule has 1 aromatic rings. The van der Waals surface area contributed by atoms with Crippen molar-refractivity contribution >= 4 is 11.8 Å². The van der Waals surface area contributed by atoms with E-state index in [1.165, 1.54) is 11.8 Å². The molecule has 1 rings (SSSR count). The van der Waals surface area contributed by atoms with Crippen LogP contribution < -0.4 is 0 Å². The molecule has 0 aliphatic heterocycles. The van der Waals surface area contributed by atoms with Gasteiger partial charge in [0.1, 0.15) is 0 Å². The van der Waals surface area contributed by atoms with Gasteiger partial charge in [-0.3, -0.25) is 0 Å². The molecule has 0 saturated carbocycles. The Morgan fingerprint density at radius 1 is 1.42 bits per heavy atom. The summed E-state index contributed by atoms with van der Waals surface area (Å²) < 4.78 is 23.6. The lowest BCUT2D eigenvalue weighted by Gasteiger charge is -2.00. The first-order valence-electron chi connectivity index (χ1n) is 3.66. The average molecular weight is 188 g/mol. The molecule has 3 heteroatoms. The van der Waals surface area contributed by atoms with E-state index >= 15 is 0 Å². The summed E-state index contributed by atoms with van der Waals surface area (Å²) >= 11 is 1.19. The number of halogens is 2. The predicted octanol–water partition coefficient (Wildman–Crippen LogP) is 3.35. The number of benzene rings is 1. The van der Waals surface area contributed by atoms with Crippen LogP contribution in [0.1, 0.15) is 5.56 Å². The fourth-order valence-corrected chi connectivity index (χ4v) is 1.63. The van der Waals surface area contributed by atoms with Crippen molar-refractivity contribution < 1.29 is 8.78 Å². The summed E-state index contributed by atoms with van der Waals surface area (Å²) in [5, 5.41) is 0. The van der Waals surface area contributed by atoms with Gasteiger partial charge >= 0.3 is 0 Å². The van der Waals surface area contributed by atoms with E-state index in [1.807, 2.05) is 31.2 Å². The van der Waals surface area contributed by atoms with Gasteiger partial charge < -0.3 is 0 Å². The molecule has 0 nitrogen and oxygen atoms in total. The molecule has 0 unspecified atom stereocenters. The highest BCUT2D eigenvalue weighted by molar-refractivity contribution is 7.99. The SMILES string of the molecule is Cc1cccc(SCC(F)F)c1. The Morgan fingerprint density at radius 3 is 2.75 bits per heavy atom. The minimum atomic E-state index is -2.23. The fraction of sp³-hybridized carbons (Fsp3) is 0.333. The molecule has 0 atom stereocenters. The minimum Gasteiger partial charge on any atom is -0.210 e. The Hall–Kier alpha value is -0.570. The second-order valence-corrected chi connectivity index (χ2v) is 3.61. The number of aryl methyl sites for hydroxylation is 1. The van der Waals surface area contributed by atoms with E-state index in [1.54, 1.807) is 0 Å². The zero-order valence-corrected chi connectivity index (χ0v) is 7.57. The van der Waals surface area contributed by atoms with Crippen LogP contribution in [0, 0.1) is 6.92 Å². The lowest BCUT2D eigenvalue weighted by Crippen LogP contribution is -1.92. The number of hydrogen-bond donors (Lipinski definition) is 0. The van der Waals surface area contributed by atoms with Crippen LogP contribution in [0.15, 0.2) is 29.2 Å². The zero-order chi connectivity index (χ0) is 8.97. The first kappa shape index (κ1) is 9.52. The van der Waals surface area contributed by atoms with Crippen molar-refractivity contribution in [2.24, 2.45) is 0 Å². The molecule has 0 N–H and O–H groups in total. The van der Waals surface area contributed by atoms with Gasteiger partial charge in [-0.25, -0.2) is 8.78 Å². The molecular weight excluding hydrogens is 178 g/mol. The largest absolute Gasteiger partial charge is 0.247 e. The molecule has 0 spiro atoms. The Kier molecular flexibility index (Phi) is 3.53. The summed E-state index contributed by atoms with van der Waals surface area (Å²) in [6.07, 6.45) is -2.23. The molecule has 0 aromatic heterocycles. The maximum atomic E-state index is 11.8. The van der Waals surface area contributed by atoms with Gasteiger partial charge in [-0.05, 0) is 19.1 Å². The molecular formula is C9H10F2S. The number of thioether (sulfide) groups is 1. The predicted molar refractivity (Wildman–Crippen MR) is 47.9 cm³/mol. The molecule has 0 amide bonds. The van der Waals surface area contributed by atoms with Crippen molar-refractivity contribution in [3.05, 3.63) is 29.8 Å². The van der Waals surface area contributed by atoms with E-state index < -0.39 is 6.43 Å². The molecule has 0 aliphatic rings. The monoisotopic (exact) mass is 188 g/mol. The van der Waals surface area contributed by atoms with Gasteiger partial charge in [0.05, 0.1) is 5.75 Å². The molecule has 66 valence electrons. The van der Waals surface area contributed by atoms with Crippen molar-refractivity contribution in [2.75, 3.05) is 5.75 Å². The Balaban J connectivity index is 2.52. The van der Waals surface area contributed by atoms with Gasteiger partial charge in [0.2, 0.25) is 6.43 Å². The normalized spacial score (nSPS) is 10.7. The highest BCUT2D eigenvalue weighted by Gasteiger charge is 2.02. The maximum Gasteiger partial charge on any atom is 0.247 e. The van der Waals surface area contributed by atoms with Crippen LogP contribution in [-0.2, 0) is 0 Å². The second kappa shape index (κ2) is 4.45. The molecule has 0 heterocycles. The summed E-state index contributed by atoms with van der Waals surface area (Å²) in [6.45, 7) is 1.95. The Morgan fingerprint density at radius 2 is 2.17 bits per heavy atom. The molecule has 0 fully saturated rings. The van der Waals surface area contributed by atoms with Crippen LogP contribution in [0.4, 0.5) is 8.78 Å². The highest BCUT2D eigenvalue weighted by atomic mass is 32.2. The van der Waals surface area contributed by atoms with Crippen molar-refractivity contribution in [2.45, 2.75) is 18.2 Å². The number of rotatable bonds is 3. The van der Waals surface area contributed by atoms with E-state index in [9.17, 15) is 8.78 Å². The van der Waals surface area contributed by atoms with Crippen molar-refractivity contribution in [1.29, 1.82) is 0 Å². The van der Waals surface area contributed by atoms with Gasteiger partial charge in [-0.1, -0.05) is 17.7 Å². The van der Waals surface area contributed by atoms with Crippen LogP contribution in [0.25, 0.3) is 0 Å².